The molecule has 1 amide bonds. The number of pyridine rings is 1. The number of hydrogen-bond donors (Lipinski definition) is 1. The minimum Gasteiger partial charge on any atom is -0.477 e. The Bertz CT molecular complexity index is 634. The first-order chi connectivity index (χ1) is 11.7. The molecule has 1 unspecified atom stereocenters. The number of nitrogens with one attached hydrogen (secondary N) is 1. The SMILES string of the molecule is CCCOc1ncccc1CNC(=O)C(C)CSc1ccccc1. The van der Waals surface area contributed by atoms with Crippen LogP contribution in [0.3, 0.4) is 0 Å². The van der Waals surface area contributed by atoms with Gasteiger partial charge in [-0.05, 0) is 24.6 Å². The Balaban J connectivity index is 1.82. The second kappa shape index (κ2) is 9.98. The van der Waals surface area contributed by atoms with Crippen LogP contribution in [0.15, 0.2) is 53.6 Å². The molecule has 0 saturated heterocycles. The second-order valence-corrected chi connectivity index (χ2v) is 6.65. The molecule has 0 radical (unpaired) electrons. The summed E-state index contributed by atoms with van der Waals surface area (Å²) in [6.45, 7) is 5.06. The molecule has 1 aromatic heterocycles. The molecule has 0 saturated carbocycles. The van der Waals surface area contributed by atoms with Crippen LogP contribution in [0, 0.1) is 5.92 Å². The van der Waals surface area contributed by atoms with Gasteiger partial charge in [-0.1, -0.05) is 38.1 Å². The molecule has 1 heterocycles. The van der Waals surface area contributed by atoms with E-state index in [0.29, 0.717) is 19.0 Å². The van der Waals surface area contributed by atoms with Crippen molar-refractivity contribution in [3.8, 4) is 5.88 Å². The molecule has 0 aliphatic carbocycles. The van der Waals surface area contributed by atoms with Crippen LogP contribution in [0.1, 0.15) is 25.8 Å². The number of aromatic nitrogens is 1. The van der Waals surface area contributed by atoms with Gasteiger partial charge in [-0.15, -0.1) is 11.8 Å². The van der Waals surface area contributed by atoms with E-state index in [4.69, 9.17) is 4.74 Å². The van der Waals surface area contributed by atoms with Gasteiger partial charge >= 0.3 is 0 Å². The van der Waals surface area contributed by atoms with E-state index in [0.717, 1.165) is 17.7 Å². The highest BCUT2D eigenvalue weighted by Gasteiger charge is 2.14. The van der Waals surface area contributed by atoms with Crippen LogP contribution in [-0.4, -0.2) is 23.3 Å². The van der Waals surface area contributed by atoms with Gasteiger partial charge in [-0.3, -0.25) is 4.79 Å². The normalized spacial score (nSPS) is 11.8. The predicted molar refractivity (Wildman–Crippen MR) is 98.2 cm³/mol. The topological polar surface area (TPSA) is 51.2 Å². The molecule has 2 aromatic rings. The summed E-state index contributed by atoms with van der Waals surface area (Å²) in [7, 11) is 0. The highest BCUT2D eigenvalue weighted by atomic mass is 32.2. The predicted octanol–water partition coefficient (Wildman–Crippen LogP) is 3.92. The van der Waals surface area contributed by atoms with Gasteiger partial charge in [0.25, 0.3) is 0 Å². The number of benzene rings is 1. The van der Waals surface area contributed by atoms with Crippen LogP contribution < -0.4 is 10.1 Å². The molecule has 1 N–H and O–H groups in total. The fourth-order valence-corrected chi connectivity index (χ4v) is 3.00. The molecular weight excluding hydrogens is 320 g/mol. The fourth-order valence-electron chi connectivity index (χ4n) is 2.06. The van der Waals surface area contributed by atoms with Crippen molar-refractivity contribution in [2.75, 3.05) is 12.4 Å². The van der Waals surface area contributed by atoms with Crippen molar-refractivity contribution in [2.45, 2.75) is 31.7 Å². The molecule has 0 fully saturated rings. The van der Waals surface area contributed by atoms with E-state index in [1.807, 2.05) is 37.3 Å². The lowest BCUT2D eigenvalue weighted by Crippen LogP contribution is -2.30. The minimum atomic E-state index is -0.0631. The Labute approximate surface area is 148 Å². The Morgan fingerprint density at radius 2 is 2.04 bits per heavy atom. The maximum atomic E-state index is 12.3. The molecule has 1 atom stereocenters. The van der Waals surface area contributed by atoms with Crippen molar-refractivity contribution in [1.82, 2.24) is 10.3 Å². The fraction of sp³-hybridized carbons (Fsp3) is 0.368. The smallest absolute Gasteiger partial charge is 0.223 e. The average Bonchev–Trinajstić information content (AvgIpc) is 2.63. The second-order valence-electron chi connectivity index (χ2n) is 5.56. The summed E-state index contributed by atoms with van der Waals surface area (Å²) in [6.07, 6.45) is 2.63. The molecule has 128 valence electrons. The van der Waals surface area contributed by atoms with Gasteiger partial charge in [0.05, 0.1) is 6.61 Å². The maximum absolute atomic E-state index is 12.3. The lowest BCUT2D eigenvalue weighted by atomic mass is 10.2. The van der Waals surface area contributed by atoms with Crippen molar-refractivity contribution in [3.63, 3.8) is 0 Å². The molecule has 5 heteroatoms. The zero-order valence-corrected chi connectivity index (χ0v) is 15.0. The van der Waals surface area contributed by atoms with Crippen LogP contribution in [0.5, 0.6) is 5.88 Å². The molecule has 0 bridgehead atoms. The maximum Gasteiger partial charge on any atom is 0.223 e. The zero-order valence-electron chi connectivity index (χ0n) is 14.2. The van der Waals surface area contributed by atoms with Gasteiger partial charge in [0.2, 0.25) is 11.8 Å². The van der Waals surface area contributed by atoms with Crippen molar-refractivity contribution < 1.29 is 9.53 Å². The van der Waals surface area contributed by atoms with Crippen LogP contribution in [-0.2, 0) is 11.3 Å². The third-order valence-corrected chi connectivity index (χ3v) is 4.71. The molecule has 1 aromatic carbocycles. The van der Waals surface area contributed by atoms with Gasteiger partial charge in [0.1, 0.15) is 0 Å². The van der Waals surface area contributed by atoms with Crippen molar-refractivity contribution in [1.29, 1.82) is 0 Å². The monoisotopic (exact) mass is 344 g/mol. The molecule has 0 aliphatic rings. The number of rotatable bonds is 9. The summed E-state index contributed by atoms with van der Waals surface area (Å²) in [4.78, 5) is 17.7. The highest BCUT2D eigenvalue weighted by molar-refractivity contribution is 7.99. The van der Waals surface area contributed by atoms with Crippen molar-refractivity contribution in [2.24, 2.45) is 5.92 Å². The molecule has 0 aliphatic heterocycles. The van der Waals surface area contributed by atoms with Crippen LogP contribution >= 0.6 is 11.8 Å². The van der Waals surface area contributed by atoms with E-state index in [9.17, 15) is 4.79 Å². The van der Waals surface area contributed by atoms with Gasteiger partial charge < -0.3 is 10.1 Å². The first-order valence-corrected chi connectivity index (χ1v) is 9.21. The summed E-state index contributed by atoms with van der Waals surface area (Å²) in [5.41, 5.74) is 0.905. The third kappa shape index (κ3) is 5.89. The summed E-state index contributed by atoms with van der Waals surface area (Å²) >= 11 is 1.69. The van der Waals surface area contributed by atoms with Crippen molar-refractivity contribution in [3.05, 3.63) is 54.2 Å². The number of amides is 1. The Morgan fingerprint density at radius 3 is 2.79 bits per heavy atom. The van der Waals surface area contributed by atoms with E-state index < -0.39 is 0 Å². The standard InChI is InChI=1S/C19H24N2O2S/c1-3-12-23-19-16(8-7-11-20-19)13-21-18(22)15(2)14-24-17-9-5-4-6-10-17/h4-11,15H,3,12-14H2,1-2H3,(H,21,22). The van der Waals surface area contributed by atoms with Gasteiger partial charge in [0, 0.05) is 34.9 Å². The van der Waals surface area contributed by atoms with E-state index in [-0.39, 0.29) is 11.8 Å². The Hall–Kier alpha value is -2.01. The van der Waals surface area contributed by atoms with Gasteiger partial charge in [-0.25, -0.2) is 4.98 Å². The Kier molecular flexibility index (Phi) is 7.62. The average molecular weight is 344 g/mol. The van der Waals surface area contributed by atoms with Crippen LogP contribution in [0.2, 0.25) is 0 Å². The summed E-state index contributed by atoms with van der Waals surface area (Å²) in [5.74, 6) is 1.34. The van der Waals surface area contributed by atoms with Crippen LogP contribution in [0.25, 0.3) is 0 Å². The molecular formula is C19H24N2O2S. The number of nitrogens with zero attached hydrogens (tertiary/aromatic N) is 1. The zero-order chi connectivity index (χ0) is 17.2. The molecule has 2 rings (SSSR count). The van der Waals surface area contributed by atoms with E-state index in [2.05, 4.69) is 29.4 Å². The summed E-state index contributed by atoms with van der Waals surface area (Å²) in [6, 6.07) is 13.9. The number of hydrogen-bond acceptors (Lipinski definition) is 4. The van der Waals surface area contributed by atoms with Gasteiger partial charge in [0.15, 0.2) is 0 Å². The number of ether oxygens (including phenoxy) is 1. The molecule has 24 heavy (non-hydrogen) atoms. The van der Waals surface area contributed by atoms with E-state index in [1.54, 1.807) is 18.0 Å². The first kappa shape index (κ1) is 18.3. The lowest BCUT2D eigenvalue weighted by molar-refractivity contribution is -0.124. The number of carbonyl (C=O) groups is 1. The molecule has 4 nitrogen and oxygen atoms in total. The minimum absolute atomic E-state index is 0.0451. The van der Waals surface area contributed by atoms with E-state index >= 15 is 0 Å². The third-order valence-electron chi connectivity index (χ3n) is 3.44. The number of thioether (sulfide) groups is 1. The number of carbonyl (C=O) groups excluding carboxylic acids is 1. The lowest BCUT2D eigenvalue weighted by Gasteiger charge is -2.13. The molecule has 0 spiro atoms. The van der Waals surface area contributed by atoms with Crippen molar-refractivity contribution >= 4 is 17.7 Å². The first-order valence-electron chi connectivity index (χ1n) is 8.23. The van der Waals surface area contributed by atoms with Crippen LogP contribution in [0.4, 0.5) is 0 Å². The summed E-state index contributed by atoms with van der Waals surface area (Å²) in [5, 5.41) is 2.98. The van der Waals surface area contributed by atoms with E-state index in [1.165, 1.54) is 4.90 Å². The Morgan fingerprint density at radius 1 is 1.25 bits per heavy atom. The summed E-state index contributed by atoms with van der Waals surface area (Å²) < 4.78 is 5.62. The van der Waals surface area contributed by atoms with Gasteiger partial charge in [-0.2, -0.15) is 0 Å². The largest absolute Gasteiger partial charge is 0.477 e. The quantitative estimate of drug-likeness (QED) is 0.701. The highest BCUT2D eigenvalue weighted by Crippen LogP contribution is 2.20.